The van der Waals surface area contributed by atoms with Crippen LogP contribution in [0.25, 0.3) is 0 Å². The number of phenols is 1. The number of carbonyl (C=O) groups excluding carboxylic acids is 2. The number of phenolic OH excluding ortho intramolecular Hbond substituents is 1. The van der Waals surface area contributed by atoms with Gasteiger partial charge < -0.3 is 15.5 Å². The fraction of sp³-hybridized carbons (Fsp3) is 0.500. The second-order valence-electron chi connectivity index (χ2n) is 6.25. The molecule has 9 nitrogen and oxygen atoms in total. The average molecular weight is 511 g/mol. The van der Waals surface area contributed by atoms with E-state index in [4.69, 9.17) is 5.11 Å². The molecule has 0 unspecified atom stereocenters. The zero-order chi connectivity index (χ0) is 23.4. The van der Waals surface area contributed by atoms with Crippen molar-refractivity contribution in [1.29, 1.82) is 0 Å². The number of rotatable bonds is 15. The van der Waals surface area contributed by atoms with Crippen LogP contribution in [0, 0.1) is 6.92 Å². The van der Waals surface area contributed by atoms with Crippen LogP contribution >= 0.6 is 33.3 Å². The molecule has 0 aliphatic carbocycles. The van der Waals surface area contributed by atoms with Crippen LogP contribution < -0.4 is 10.0 Å². The van der Waals surface area contributed by atoms with Crippen LogP contribution in [-0.2, 0) is 24.4 Å². The lowest BCUT2D eigenvalue weighted by Crippen LogP contribution is -2.43. The van der Waals surface area contributed by atoms with E-state index in [2.05, 4.69) is 10.0 Å². The quantitative estimate of drug-likeness (QED) is 0.202. The number of carboxylic acids is 1. The second-order valence-corrected chi connectivity index (χ2v) is 11.9. The summed E-state index contributed by atoms with van der Waals surface area (Å²) in [5.74, 6) is -0.714. The van der Waals surface area contributed by atoms with E-state index in [9.17, 15) is 27.9 Å². The Hall–Kier alpha value is -1.41. The van der Waals surface area contributed by atoms with Crippen molar-refractivity contribution in [3.63, 3.8) is 0 Å². The van der Waals surface area contributed by atoms with Gasteiger partial charge in [0, 0.05) is 12.3 Å². The molecule has 31 heavy (non-hydrogen) atoms. The maximum absolute atomic E-state index is 12.2. The molecular weight excluding hydrogens is 484 g/mol. The van der Waals surface area contributed by atoms with E-state index in [0.717, 1.165) is 0 Å². The Morgan fingerprint density at radius 3 is 2.48 bits per heavy atom. The van der Waals surface area contributed by atoms with E-state index in [0.29, 0.717) is 17.1 Å². The third kappa shape index (κ3) is 10.6. The van der Waals surface area contributed by atoms with Crippen molar-refractivity contribution in [2.75, 3.05) is 29.6 Å². The number of aliphatic carboxylic acids is 1. The molecule has 13 heteroatoms. The molecular formula is C18H26N2O7S4. The Balaban J connectivity index is 2.37. The van der Waals surface area contributed by atoms with Crippen LogP contribution in [0.2, 0.25) is 0 Å². The predicted molar refractivity (Wildman–Crippen MR) is 125 cm³/mol. The van der Waals surface area contributed by atoms with Gasteiger partial charge in [-0.05, 0) is 36.4 Å². The molecule has 1 aromatic rings. The fourth-order valence-corrected chi connectivity index (χ4v) is 5.81. The summed E-state index contributed by atoms with van der Waals surface area (Å²) in [4.78, 5) is 35.1. The number of Topliss-reactive ketones (excluding diaryl/α,β-unsaturated/α-hetero) is 1. The van der Waals surface area contributed by atoms with Crippen LogP contribution in [0.15, 0.2) is 23.1 Å². The highest BCUT2D eigenvalue weighted by Crippen LogP contribution is 2.22. The second kappa shape index (κ2) is 13.9. The zero-order valence-corrected chi connectivity index (χ0v) is 20.4. The van der Waals surface area contributed by atoms with E-state index in [1.54, 1.807) is 6.92 Å². The highest BCUT2D eigenvalue weighted by atomic mass is 33.1. The van der Waals surface area contributed by atoms with Gasteiger partial charge in [0.2, 0.25) is 15.9 Å². The SMILES string of the molecule is CCSCC(=O)[C@H](CC(=O)O)NC(=O)CSSCCNS(=O)(=O)c1ccc(O)c(C)c1. The first-order valence-electron chi connectivity index (χ1n) is 9.22. The molecule has 0 radical (unpaired) electrons. The Labute approximate surface area is 194 Å². The first-order valence-corrected chi connectivity index (χ1v) is 14.3. The average Bonchev–Trinajstić information content (AvgIpc) is 2.69. The van der Waals surface area contributed by atoms with Crippen molar-refractivity contribution in [2.45, 2.75) is 31.2 Å². The van der Waals surface area contributed by atoms with Gasteiger partial charge in [-0.2, -0.15) is 11.8 Å². The molecule has 174 valence electrons. The van der Waals surface area contributed by atoms with Gasteiger partial charge in [-0.15, -0.1) is 0 Å². The molecule has 0 saturated heterocycles. The largest absolute Gasteiger partial charge is 0.508 e. The van der Waals surface area contributed by atoms with Gasteiger partial charge in [0.1, 0.15) is 5.75 Å². The van der Waals surface area contributed by atoms with Crippen molar-refractivity contribution in [1.82, 2.24) is 10.0 Å². The van der Waals surface area contributed by atoms with Gasteiger partial charge in [0.05, 0.1) is 28.9 Å². The van der Waals surface area contributed by atoms with E-state index in [-0.39, 0.29) is 34.5 Å². The first-order chi connectivity index (χ1) is 14.6. The number of hydrogen-bond donors (Lipinski definition) is 4. The van der Waals surface area contributed by atoms with Gasteiger partial charge in [0.25, 0.3) is 0 Å². The number of carboxylic acid groups (broad SMARTS) is 1. The van der Waals surface area contributed by atoms with Crippen molar-refractivity contribution in [2.24, 2.45) is 0 Å². The summed E-state index contributed by atoms with van der Waals surface area (Å²) in [7, 11) is -1.26. The minimum Gasteiger partial charge on any atom is -0.508 e. The smallest absolute Gasteiger partial charge is 0.305 e. The van der Waals surface area contributed by atoms with Gasteiger partial charge >= 0.3 is 5.97 Å². The first kappa shape index (κ1) is 27.6. The third-order valence-electron chi connectivity index (χ3n) is 3.78. The van der Waals surface area contributed by atoms with Gasteiger partial charge in [-0.1, -0.05) is 28.5 Å². The van der Waals surface area contributed by atoms with E-state index < -0.39 is 34.4 Å². The molecule has 0 aliphatic heterocycles. The van der Waals surface area contributed by atoms with Crippen LogP contribution in [-0.4, -0.2) is 71.9 Å². The standard InChI is InChI=1S/C18H26N2O7S4/c1-3-28-10-16(22)14(9-18(24)25)20-17(23)11-30-29-7-6-19-31(26,27)13-4-5-15(21)12(2)8-13/h4-5,8,14,19,21H,3,6-7,9-11H2,1-2H3,(H,20,23)(H,24,25)/t14-/m0/s1. The summed E-state index contributed by atoms with van der Waals surface area (Å²) < 4.78 is 26.9. The molecule has 0 aromatic heterocycles. The molecule has 0 saturated carbocycles. The van der Waals surface area contributed by atoms with E-state index in [1.807, 2.05) is 6.92 Å². The molecule has 0 bridgehead atoms. The highest BCUT2D eigenvalue weighted by Gasteiger charge is 2.23. The Morgan fingerprint density at radius 2 is 1.87 bits per heavy atom. The molecule has 1 atom stereocenters. The number of carbonyl (C=O) groups is 3. The van der Waals surface area contributed by atoms with E-state index >= 15 is 0 Å². The number of aryl methyl sites for hydroxylation is 1. The third-order valence-corrected chi connectivity index (χ3v) is 8.41. The molecule has 4 N–H and O–H groups in total. The van der Waals surface area contributed by atoms with Gasteiger partial charge in [-0.25, -0.2) is 13.1 Å². The monoisotopic (exact) mass is 510 g/mol. The molecule has 1 amide bonds. The fourth-order valence-electron chi connectivity index (χ4n) is 2.21. The summed E-state index contributed by atoms with van der Waals surface area (Å²) in [5.41, 5.74) is 0.451. The highest BCUT2D eigenvalue weighted by molar-refractivity contribution is 8.76. The number of thioether (sulfide) groups is 1. The molecule has 0 aliphatic rings. The number of amides is 1. The van der Waals surface area contributed by atoms with Crippen LogP contribution in [0.3, 0.4) is 0 Å². The number of sulfonamides is 1. The maximum atomic E-state index is 12.2. The number of hydrogen-bond acceptors (Lipinski definition) is 9. The zero-order valence-electron chi connectivity index (χ0n) is 17.1. The predicted octanol–water partition coefficient (Wildman–Crippen LogP) is 1.64. The van der Waals surface area contributed by atoms with Crippen molar-refractivity contribution < 1.29 is 33.0 Å². The topological polar surface area (TPSA) is 150 Å². The summed E-state index contributed by atoms with van der Waals surface area (Å²) in [6.07, 6.45) is -0.467. The molecule has 1 rings (SSSR count). The molecule has 0 spiro atoms. The van der Waals surface area contributed by atoms with Gasteiger partial charge in [0.15, 0.2) is 5.78 Å². The van der Waals surface area contributed by atoms with Gasteiger partial charge in [-0.3, -0.25) is 14.4 Å². The van der Waals surface area contributed by atoms with Crippen LogP contribution in [0.5, 0.6) is 5.75 Å². The van der Waals surface area contributed by atoms with Crippen LogP contribution in [0.4, 0.5) is 0 Å². The molecule has 0 heterocycles. The lowest BCUT2D eigenvalue weighted by Gasteiger charge is -2.15. The normalized spacial score (nSPS) is 12.3. The minimum atomic E-state index is -3.71. The molecule has 0 fully saturated rings. The molecule has 1 aromatic carbocycles. The van der Waals surface area contributed by atoms with Crippen LogP contribution in [0.1, 0.15) is 18.9 Å². The number of ketones is 1. The number of aromatic hydroxyl groups is 1. The minimum absolute atomic E-state index is 0.00110. The number of benzene rings is 1. The summed E-state index contributed by atoms with van der Waals surface area (Å²) >= 11 is 1.36. The maximum Gasteiger partial charge on any atom is 0.305 e. The summed E-state index contributed by atoms with van der Waals surface area (Å²) in [5, 5.41) is 20.9. The Morgan fingerprint density at radius 1 is 1.16 bits per heavy atom. The lowest BCUT2D eigenvalue weighted by atomic mass is 10.1. The van der Waals surface area contributed by atoms with Crippen molar-refractivity contribution >= 4 is 61.0 Å². The lowest BCUT2D eigenvalue weighted by molar-refractivity contribution is -0.139. The van der Waals surface area contributed by atoms with Crippen molar-refractivity contribution in [3.05, 3.63) is 23.8 Å². The number of nitrogens with one attached hydrogen (secondary N) is 2. The Kier molecular flexibility index (Phi) is 12.4. The van der Waals surface area contributed by atoms with Crippen molar-refractivity contribution in [3.8, 4) is 5.75 Å². The summed E-state index contributed by atoms with van der Waals surface area (Å²) in [6, 6.07) is 2.94. The Bertz CT molecular complexity index is 878. The van der Waals surface area contributed by atoms with E-state index in [1.165, 1.54) is 51.5 Å². The summed E-state index contributed by atoms with van der Waals surface area (Å²) in [6.45, 7) is 3.61.